The van der Waals surface area contributed by atoms with Gasteiger partial charge in [0.2, 0.25) is 0 Å². The molecule has 0 saturated heterocycles. The van der Waals surface area contributed by atoms with Crippen LogP contribution in [0.2, 0.25) is 0 Å². The molecule has 1 nitrogen and oxygen atoms in total. The van der Waals surface area contributed by atoms with E-state index in [1.54, 1.807) is 6.07 Å². The van der Waals surface area contributed by atoms with Gasteiger partial charge in [-0.05, 0) is 72.5 Å². The summed E-state index contributed by atoms with van der Waals surface area (Å²) in [5, 5.41) is 0. The van der Waals surface area contributed by atoms with Crippen molar-refractivity contribution in [3.8, 4) is 28.7 Å². The molecule has 0 N–H and O–H groups in total. The van der Waals surface area contributed by atoms with Crippen LogP contribution in [-0.2, 0) is 6.42 Å². The molecule has 0 amide bonds. The first-order chi connectivity index (χ1) is 21.4. The van der Waals surface area contributed by atoms with E-state index in [1.807, 2.05) is 6.92 Å². The zero-order chi connectivity index (χ0) is 33.0. The average Bonchev–Trinajstić information content (AvgIpc) is 2.98. The van der Waals surface area contributed by atoms with Crippen molar-refractivity contribution < 1.29 is 48.6 Å². The minimum Gasteiger partial charge on any atom is -0.495 e. The standard InChI is InChI=1S/C34H22F10O/c1-3-4-5-6-17-9-22(35)21(29(12-17)45-2)8-7-18-10-23(36)31(24(37)11-18)34(44)32(42)20-15-25(38)30(26(39)16-20)19-13-27(40)33(43)28(41)14-19/h9-16H,3-6H2,1-2H3/b34-32+. The summed E-state index contributed by atoms with van der Waals surface area (Å²) in [5.74, 6) is -12.1. The first-order valence-corrected chi connectivity index (χ1v) is 13.4. The maximum absolute atomic E-state index is 15.0. The summed E-state index contributed by atoms with van der Waals surface area (Å²) in [6, 6.07) is 4.96. The maximum Gasteiger partial charge on any atom is 0.194 e. The first-order valence-electron chi connectivity index (χ1n) is 13.4. The van der Waals surface area contributed by atoms with Gasteiger partial charge >= 0.3 is 0 Å². The van der Waals surface area contributed by atoms with Crippen LogP contribution >= 0.6 is 0 Å². The van der Waals surface area contributed by atoms with Gasteiger partial charge in [0.15, 0.2) is 29.1 Å². The summed E-state index contributed by atoms with van der Waals surface area (Å²) >= 11 is 0. The summed E-state index contributed by atoms with van der Waals surface area (Å²) < 4.78 is 149. The van der Waals surface area contributed by atoms with Gasteiger partial charge in [-0.3, -0.25) is 0 Å². The third kappa shape index (κ3) is 7.17. The Hall–Kier alpha value is -4.72. The smallest absolute Gasteiger partial charge is 0.194 e. The zero-order valence-electron chi connectivity index (χ0n) is 23.6. The Balaban J connectivity index is 1.67. The van der Waals surface area contributed by atoms with Crippen molar-refractivity contribution in [2.45, 2.75) is 32.6 Å². The Morgan fingerprint density at radius 3 is 1.80 bits per heavy atom. The number of hydrogen-bond acceptors (Lipinski definition) is 1. The molecule has 0 saturated carbocycles. The van der Waals surface area contributed by atoms with E-state index in [9.17, 15) is 43.9 Å². The monoisotopic (exact) mass is 636 g/mol. The van der Waals surface area contributed by atoms with E-state index in [0.29, 0.717) is 24.1 Å². The Bertz CT molecular complexity index is 1800. The van der Waals surface area contributed by atoms with Gasteiger partial charge in [0.05, 0.1) is 18.2 Å². The second kappa shape index (κ2) is 13.9. The molecule has 234 valence electrons. The fourth-order valence-corrected chi connectivity index (χ4v) is 4.54. The summed E-state index contributed by atoms with van der Waals surface area (Å²) in [4.78, 5) is 0. The largest absolute Gasteiger partial charge is 0.495 e. The van der Waals surface area contributed by atoms with E-state index in [2.05, 4.69) is 11.8 Å². The summed E-state index contributed by atoms with van der Waals surface area (Å²) in [6.45, 7) is 2.02. The van der Waals surface area contributed by atoms with Crippen LogP contribution in [0.5, 0.6) is 5.75 Å². The van der Waals surface area contributed by atoms with Crippen molar-refractivity contribution in [1.82, 2.24) is 0 Å². The molecule has 4 aromatic carbocycles. The summed E-state index contributed by atoms with van der Waals surface area (Å²) in [5.41, 5.74) is -4.45. The van der Waals surface area contributed by atoms with Gasteiger partial charge in [-0.25, -0.2) is 43.9 Å². The molecule has 0 aromatic heterocycles. The van der Waals surface area contributed by atoms with Crippen molar-refractivity contribution in [1.29, 1.82) is 0 Å². The number of unbranched alkanes of at least 4 members (excludes halogenated alkanes) is 2. The van der Waals surface area contributed by atoms with Crippen LogP contribution in [0, 0.1) is 58.4 Å². The van der Waals surface area contributed by atoms with Crippen molar-refractivity contribution in [3.63, 3.8) is 0 Å². The lowest BCUT2D eigenvalue weighted by atomic mass is 10.00. The van der Waals surface area contributed by atoms with Crippen molar-refractivity contribution in [2.75, 3.05) is 7.11 Å². The highest BCUT2D eigenvalue weighted by Crippen LogP contribution is 2.36. The van der Waals surface area contributed by atoms with Gasteiger partial charge < -0.3 is 4.74 Å². The molecule has 45 heavy (non-hydrogen) atoms. The fourth-order valence-electron chi connectivity index (χ4n) is 4.54. The van der Waals surface area contributed by atoms with Gasteiger partial charge in [-0.2, -0.15) is 0 Å². The third-order valence-electron chi connectivity index (χ3n) is 6.76. The molecule has 0 aliphatic carbocycles. The maximum atomic E-state index is 15.0. The first kappa shape index (κ1) is 33.2. The molecule has 0 heterocycles. The summed E-state index contributed by atoms with van der Waals surface area (Å²) in [6.07, 6.45) is 3.34. The van der Waals surface area contributed by atoms with E-state index >= 15 is 0 Å². The fraction of sp³-hybridized carbons (Fsp3) is 0.176. The Morgan fingerprint density at radius 1 is 0.644 bits per heavy atom. The lowest BCUT2D eigenvalue weighted by Crippen LogP contribution is -1.99. The molecule has 4 aromatic rings. The minimum absolute atomic E-state index is 0.0859. The molecule has 0 aliphatic heterocycles. The molecule has 0 bridgehead atoms. The highest BCUT2D eigenvalue weighted by atomic mass is 19.2. The number of aryl methyl sites for hydroxylation is 1. The van der Waals surface area contributed by atoms with E-state index in [-0.39, 0.29) is 41.1 Å². The van der Waals surface area contributed by atoms with E-state index in [1.165, 1.54) is 13.2 Å². The molecular weight excluding hydrogens is 614 g/mol. The van der Waals surface area contributed by atoms with E-state index in [4.69, 9.17) is 4.74 Å². The summed E-state index contributed by atoms with van der Waals surface area (Å²) in [7, 11) is 1.29. The molecule has 11 heteroatoms. The van der Waals surface area contributed by atoms with Gasteiger partial charge in [-0.1, -0.05) is 31.6 Å². The predicted octanol–water partition coefficient (Wildman–Crippen LogP) is 10.4. The molecule has 0 unspecified atom stereocenters. The molecule has 0 spiro atoms. The van der Waals surface area contributed by atoms with Crippen LogP contribution in [0.15, 0.2) is 48.5 Å². The number of benzene rings is 4. The van der Waals surface area contributed by atoms with Crippen LogP contribution in [0.3, 0.4) is 0 Å². The number of hydrogen-bond donors (Lipinski definition) is 0. The van der Waals surface area contributed by atoms with Crippen LogP contribution in [0.4, 0.5) is 43.9 Å². The number of ether oxygens (including phenoxy) is 1. The van der Waals surface area contributed by atoms with Gasteiger partial charge in [-0.15, -0.1) is 0 Å². The number of halogens is 10. The highest BCUT2D eigenvalue weighted by molar-refractivity contribution is 5.84. The molecule has 0 fully saturated rings. The Kier molecular flexibility index (Phi) is 10.3. The van der Waals surface area contributed by atoms with Gasteiger partial charge in [0.1, 0.15) is 40.4 Å². The number of methoxy groups -OCH3 is 1. The molecular formula is C34H22F10O. The quantitative estimate of drug-likeness (QED) is 0.0615. The predicted molar refractivity (Wildman–Crippen MR) is 149 cm³/mol. The third-order valence-corrected chi connectivity index (χ3v) is 6.76. The Morgan fingerprint density at radius 2 is 1.24 bits per heavy atom. The lowest BCUT2D eigenvalue weighted by Gasteiger charge is -2.10. The topological polar surface area (TPSA) is 9.23 Å². The Labute approximate surface area is 251 Å². The average molecular weight is 637 g/mol. The normalized spacial score (nSPS) is 11.6. The van der Waals surface area contributed by atoms with Crippen LogP contribution in [0.25, 0.3) is 22.8 Å². The second-order valence-electron chi connectivity index (χ2n) is 9.87. The molecule has 0 atom stereocenters. The zero-order valence-corrected chi connectivity index (χ0v) is 23.6. The molecule has 4 rings (SSSR count). The van der Waals surface area contributed by atoms with Crippen molar-refractivity contribution in [3.05, 3.63) is 123 Å². The van der Waals surface area contributed by atoms with Gasteiger partial charge in [0.25, 0.3) is 0 Å². The molecule has 0 radical (unpaired) electrons. The van der Waals surface area contributed by atoms with Crippen LogP contribution in [0.1, 0.15) is 54.0 Å². The highest BCUT2D eigenvalue weighted by Gasteiger charge is 2.24. The number of rotatable bonds is 8. The lowest BCUT2D eigenvalue weighted by molar-refractivity contribution is 0.409. The van der Waals surface area contributed by atoms with Crippen molar-refractivity contribution in [2.24, 2.45) is 0 Å². The van der Waals surface area contributed by atoms with Crippen molar-refractivity contribution >= 4 is 11.7 Å². The van der Waals surface area contributed by atoms with E-state index in [0.717, 1.165) is 19.3 Å². The van der Waals surface area contributed by atoms with Crippen LogP contribution < -0.4 is 4.74 Å². The van der Waals surface area contributed by atoms with Crippen LogP contribution in [-0.4, -0.2) is 7.11 Å². The minimum atomic E-state index is -2.17. The SMILES string of the molecule is CCCCCc1cc(F)c(C#Cc2cc(F)c(/C(F)=C(\F)c3cc(F)c(-c4cc(F)c(F)c(F)c4)c(F)c3)c(F)c2)c(OC)c1. The molecule has 0 aliphatic rings. The van der Waals surface area contributed by atoms with E-state index < -0.39 is 80.4 Å². The second-order valence-corrected chi connectivity index (χ2v) is 9.87. The van der Waals surface area contributed by atoms with Gasteiger partial charge in [0, 0.05) is 11.1 Å².